The third-order valence-corrected chi connectivity index (χ3v) is 7.01. The molecule has 2 saturated carbocycles. The molecule has 0 aromatic carbocycles. The second-order valence-corrected chi connectivity index (χ2v) is 8.94. The van der Waals surface area contributed by atoms with Gasteiger partial charge in [0.2, 0.25) is 0 Å². The van der Waals surface area contributed by atoms with Crippen LogP contribution in [0.3, 0.4) is 0 Å². The standard InChI is InChI=1S/C23H29N3O2/c1-15-14-25-20(22(28)17-4-5-17)12-18(15)21(19(13-24)16(2)27)26-10-8-23(9-11-26)6-3-7-23/h12,14,17,22,28H,3-11H2,1-2H3/b21-19+. The van der Waals surface area contributed by atoms with Gasteiger partial charge in [-0.3, -0.25) is 9.78 Å². The van der Waals surface area contributed by atoms with Gasteiger partial charge in [0.05, 0.1) is 17.5 Å². The van der Waals surface area contributed by atoms with Crippen molar-refractivity contribution in [2.75, 3.05) is 13.1 Å². The first-order valence-corrected chi connectivity index (χ1v) is 10.5. The normalized spacial score (nSPS) is 22.9. The molecule has 3 aliphatic rings. The molecule has 1 unspecified atom stereocenters. The second-order valence-electron chi connectivity index (χ2n) is 8.94. The Bertz CT molecular complexity index is 849. The molecule has 1 N–H and O–H groups in total. The van der Waals surface area contributed by atoms with Crippen molar-refractivity contribution in [1.29, 1.82) is 5.26 Å². The van der Waals surface area contributed by atoms with E-state index in [1.165, 1.54) is 26.2 Å². The van der Waals surface area contributed by atoms with E-state index >= 15 is 0 Å². The summed E-state index contributed by atoms with van der Waals surface area (Å²) in [5.41, 5.74) is 3.87. The first kappa shape index (κ1) is 19.1. The molecule has 1 aromatic heterocycles. The lowest BCUT2D eigenvalue weighted by Gasteiger charge is -2.49. The summed E-state index contributed by atoms with van der Waals surface area (Å²) in [5, 5.41) is 20.3. The maximum atomic E-state index is 12.3. The van der Waals surface area contributed by atoms with Crippen LogP contribution in [0.25, 0.3) is 5.70 Å². The molecule has 1 saturated heterocycles. The summed E-state index contributed by atoms with van der Waals surface area (Å²) >= 11 is 0. The van der Waals surface area contributed by atoms with Crippen LogP contribution in [0.1, 0.15) is 74.8 Å². The van der Waals surface area contributed by atoms with Crippen molar-refractivity contribution in [2.45, 2.75) is 64.9 Å². The van der Waals surface area contributed by atoms with Gasteiger partial charge in [0.15, 0.2) is 5.78 Å². The number of ketones is 1. The average molecular weight is 380 g/mol. The minimum Gasteiger partial charge on any atom is -0.387 e. The molecule has 5 heteroatoms. The number of aliphatic hydroxyl groups excluding tert-OH is 1. The van der Waals surface area contributed by atoms with Crippen molar-refractivity contribution >= 4 is 11.5 Å². The number of rotatable bonds is 5. The maximum Gasteiger partial charge on any atom is 0.172 e. The van der Waals surface area contributed by atoms with Crippen molar-refractivity contribution in [3.63, 3.8) is 0 Å². The third-order valence-electron chi connectivity index (χ3n) is 7.01. The van der Waals surface area contributed by atoms with Crippen molar-refractivity contribution < 1.29 is 9.90 Å². The summed E-state index contributed by atoms with van der Waals surface area (Å²) in [6.07, 6.45) is 9.44. The predicted octanol–water partition coefficient (Wildman–Crippen LogP) is 3.92. The van der Waals surface area contributed by atoms with E-state index in [2.05, 4.69) is 16.0 Å². The number of nitrogens with zero attached hydrogens (tertiary/aromatic N) is 3. The Morgan fingerprint density at radius 3 is 2.50 bits per heavy atom. The summed E-state index contributed by atoms with van der Waals surface area (Å²) in [6, 6.07) is 4.07. The Balaban J connectivity index is 1.73. The molecule has 0 radical (unpaired) electrons. The Morgan fingerprint density at radius 2 is 2.00 bits per heavy atom. The predicted molar refractivity (Wildman–Crippen MR) is 107 cm³/mol. The maximum absolute atomic E-state index is 12.3. The number of piperidine rings is 1. The zero-order valence-electron chi connectivity index (χ0n) is 16.9. The van der Waals surface area contributed by atoms with Gasteiger partial charge in [0, 0.05) is 24.8 Å². The van der Waals surface area contributed by atoms with Gasteiger partial charge < -0.3 is 10.0 Å². The van der Waals surface area contributed by atoms with Gasteiger partial charge in [-0.1, -0.05) is 6.42 Å². The lowest BCUT2D eigenvalue weighted by Crippen LogP contribution is -2.43. The number of allylic oxidation sites excluding steroid dienone is 1. The summed E-state index contributed by atoms with van der Waals surface area (Å²) < 4.78 is 0. The van der Waals surface area contributed by atoms with E-state index in [-0.39, 0.29) is 17.3 Å². The van der Waals surface area contributed by atoms with E-state index < -0.39 is 6.10 Å². The van der Waals surface area contributed by atoms with Crippen molar-refractivity contribution in [1.82, 2.24) is 9.88 Å². The average Bonchev–Trinajstić information content (AvgIpc) is 3.50. The fourth-order valence-electron chi connectivity index (χ4n) is 4.75. The van der Waals surface area contributed by atoms with E-state index in [0.29, 0.717) is 11.1 Å². The molecule has 2 aliphatic carbocycles. The Kier molecular flexibility index (Phi) is 5.01. The smallest absolute Gasteiger partial charge is 0.172 e. The first-order chi connectivity index (χ1) is 13.4. The number of hydrogen-bond donors (Lipinski definition) is 1. The summed E-state index contributed by atoms with van der Waals surface area (Å²) in [6.45, 7) is 5.17. The number of Topliss-reactive ketones (excluding diaryl/α,β-unsaturated/α-hetero) is 1. The summed E-state index contributed by atoms with van der Waals surface area (Å²) in [5.74, 6) is 0.0779. The van der Waals surface area contributed by atoms with Crippen molar-refractivity contribution in [2.24, 2.45) is 11.3 Å². The molecule has 2 heterocycles. The van der Waals surface area contributed by atoms with E-state index in [1.807, 2.05) is 13.0 Å². The highest BCUT2D eigenvalue weighted by atomic mass is 16.3. The van der Waals surface area contributed by atoms with Gasteiger partial charge in [0.1, 0.15) is 11.6 Å². The number of likely N-dealkylation sites (tertiary alicyclic amines) is 1. The summed E-state index contributed by atoms with van der Waals surface area (Å²) in [4.78, 5) is 19.0. The van der Waals surface area contributed by atoms with Gasteiger partial charge in [-0.15, -0.1) is 0 Å². The fourth-order valence-corrected chi connectivity index (χ4v) is 4.75. The number of aryl methyl sites for hydroxylation is 1. The zero-order valence-corrected chi connectivity index (χ0v) is 16.9. The number of pyridine rings is 1. The molecule has 1 aromatic rings. The molecule has 148 valence electrons. The van der Waals surface area contributed by atoms with Gasteiger partial charge in [0.25, 0.3) is 0 Å². The first-order valence-electron chi connectivity index (χ1n) is 10.5. The highest BCUT2D eigenvalue weighted by Gasteiger charge is 2.40. The van der Waals surface area contributed by atoms with Crippen molar-refractivity contribution in [3.8, 4) is 6.07 Å². The van der Waals surface area contributed by atoms with Crippen LogP contribution in [0.2, 0.25) is 0 Å². The van der Waals surface area contributed by atoms with Crippen LogP contribution in [0.5, 0.6) is 0 Å². The number of hydrogen-bond acceptors (Lipinski definition) is 5. The van der Waals surface area contributed by atoms with E-state index in [9.17, 15) is 15.2 Å². The number of carbonyl (C=O) groups excluding carboxylic acids is 1. The Labute approximate surface area is 167 Å². The van der Waals surface area contributed by atoms with Crippen molar-refractivity contribution in [3.05, 3.63) is 34.7 Å². The molecule has 1 spiro atoms. The third kappa shape index (κ3) is 3.46. The zero-order chi connectivity index (χ0) is 19.9. The minimum absolute atomic E-state index is 0.207. The molecule has 5 nitrogen and oxygen atoms in total. The van der Waals surface area contributed by atoms with E-state index in [1.54, 1.807) is 6.20 Å². The fraction of sp³-hybridized carbons (Fsp3) is 0.609. The number of nitriles is 1. The molecule has 1 atom stereocenters. The monoisotopic (exact) mass is 379 g/mol. The molecule has 3 fully saturated rings. The van der Waals surface area contributed by atoms with E-state index in [0.717, 1.165) is 55.6 Å². The van der Waals surface area contributed by atoms with Crippen LogP contribution in [0.15, 0.2) is 17.8 Å². The van der Waals surface area contributed by atoms with Crippen LogP contribution < -0.4 is 0 Å². The largest absolute Gasteiger partial charge is 0.387 e. The van der Waals surface area contributed by atoms with Gasteiger partial charge in [-0.25, -0.2) is 0 Å². The molecular weight excluding hydrogens is 350 g/mol. The number of aromatic nitrogens is 1. The van der Waals surface area contributed by atoms with Crippen LogP contribution in [-0.4, -0.2) is 33.9 Å². The molecule has 0 amide bonds. The highest BCUT2D eigenvalue weighted by molar-refractivity contribution is 6.04. The SMILES string of the molecule is CC(=O)/C(C#N)=C(\c1cc(C(O)C2CC2)ncc1C)N1CCC2(CCC2)CC1. The minimum atomic E-state index is -0.567. The van der Waals surface area contributed by atoms with Crippen LogP contribution in [0.4, 0.5) is 0 Å². The van der Waals surface area contributed by atoms with Crippen LogP contribution in [0, 0.1) is 29.6 Å². The van der Waals surface area contributed by atoms with Gasteiger partial charge >= 0.3 is 0 Å². The second kappa shape index (κ2) is 7.33. The van der Waals surface area contributed by atoms with Gasteiger partial charge in [-0.2, -0.15) is 5.26 Å². The molecule has 0 bridgehead atoms. The lowest BCUT2D eigenvalue weighted by molar-refractivity contribution is -0.113. The molecule has 1 aliphatic heterocycles. The number of aliphatic hydroxyl groups is 1. The highest BCUT2D eigenvalue weighted by Crippen LogP contribution is 2.50. The Hall–Kier alpha value is -2.19. The lowest BCUT2D eigenvalue weighted by atomic mass is 9.63. The van der Waals surface area contributed by atoms with Crippen LogP contribution in [-0.2, 0) is 4.79 Å². The molecular formula is C23H29N3O2. The number of carbonyl (C=O) groups is 1. The van der Waals surface area contributed by atoms with E-state index in [4.69, 9.17) is 0 Å². The summed E-state index contributed by atoms with van der Waals surface area (Å²) in [7, 11) is 0. The van der Waals surface area contributed by atoms with Gasteiger partial charge in [-0.05, 0) is 75.3 Å². The molecule has 4 rings (SSSR count). The van der Waals surface area contributed by atoms with Crippen LogP contribution >= 0.6 is 0 Å². The molecule has 28 heavy (non-hydrogen) atoms. The quantitative estimate of drug-likeness (QED) is 0.620. The topological polar surface area (TPSA) is 77.2 Å². The Morgan fingerprint density at radius 1 is 1.32 bits per heavy atom.